The van der Waals surface area contributed by atoms with E-state index in [2.05, 4.69) is 40.8 Å². The highest BCUT2D eigenvalue weighted by atomic mass is 13.6. The van der Waals surface area contributed by atoms with E-state index in [0.717, 1.165) is 13.0 Å². The molecule has 0 amide bonds. The monoisotopic (exact) mass is 226 g/mol. The first kappa shape index (κ1) is 18.3. The Kier molecular flexibility index (Phi) is 13.9. The predicted octanol–water partition coefficient (Wildman–Crippen LogP) is -5.50. The van der Waals surface area contributed by atoms with Crippen LogP contribution in [0.5, 0.6) is 0 Å². The molecule has 12 heteroatoms. The number of hydrogen-bond acceptors (Lipinski definition) is 0. The minimum Gasteiger partial charge on any atom is -0.104 e. The molecule has 0 atom stereocenters. The number of allylic oxidation sites excluding steroid dienone is 2. The van der Waals surface area contributed by atoms with E-state index in [4.69, 9.17) is 0 Å². The molecule has 0 aliphatic rings. The number of hydrogen-bond donors (Lipinski definition) is 0. The minimum absolute atomic E-state index is 0.816. The van der Waals surface area contributed by atoms with E-state index in [9.17, 15) is 0 Å². The molecule has 0 rings (SSSR count). The summed E-state index contributed by atoms with van der Waals surface area (Å²) in [6.07, 6.45) is 6.55. The molecule has 82 valence electrons. The van der Waals surface area contributed by atoms with Gasteiger partial charge in [-0.25, -0.2) is 0 Å². The third-order valence-corrected chi connectivity index (χ3v) is 4.06. The number of rotatable bonds is 13. The third-order valence-electron chi connectivity index (χ3n) is 4.06. The molecule has 0 radical (unpaired) electrons. The lowest BCUT2D eigenvalue weighted by Gasteiger charge is -2.17. The Bertz CT molecular complexity index is 209. The molecule has 0 heterocycles. The molecule has 0 bridgehead atoms. The van der Waals surface area contributed by atoms with E-state index in [-0.39, 0.29) is 0 Å². The largest absolute Gasteiger partial charge is 0.104 e. The quantitative estimate of drug-likeness (QED) is 0.166. The van der Waals surface area contributed by atoms with Crippen molar-refractivity contribution in [1.82, 2.24) is 0 Å². The highest BCUT2D eigenvalue weighted by molar-refractivity contribution is 7.76. The van der Waals surface area contributed by atoms with Crippen LogP contribution in [0.1, 0.15) is 0 Å². The van der Waals surface area contributed by atoms with Crippen molar-refractivity contribution in [3.05, 3.63) is 25.3 Å². The van der Waals surface area contributed by atoms with Gasteiger partial charge in [0.1, 0.15) is 0 Å². The summed E-state index contributed by atoms with van der Waals surface area (Å²) in [5.41, 5.74) is 0. The molecule has 0 fully saturated rings. The Labute approximate surface area is 123 Å². The lowest BCUT2D eigenvalue weighted by Crippen LogP contribution is -2.48. The van der Waals surface area contributed by atoms with Gasteiger partial charge in [-0.3, -0.25) is 0 Å². The standard InChI is InChI=1S/C6H22B12/c1-3-5-17(10-8)18(6-4-2)16-15-14-13-12-11-9-7/h3-4,9-16H,1-2,5-8H2. The first-order valence-corrected chi connectivity index (χ1v) is 8.01. The van der Waals surface area contributed by atoms with Crippen molar-refractivity contribution in [2.24, 2.45) is 0 Å². The van der Waals surface area contributed by atoms with Crippen molar-refractivity contribution in [2.45, 2.75) is 12.6 Å². The second-order valence-electron chi connectivity index (χ2n) is 5.53. The van der Waals surface area contributed by atoms with Crippen LogP contribution in [0.2, 0.25) is 12.6 Å². The van der Waals surface area contributed by atoms with Crippen molar-refractivity contribution in [1.29, 1.82) is 0 Å². The fraction of sp³-hybridized carbons (Fsp3) is 0.333. The van der Waals surface area contributed by atoms with Crippen molar-refractivity contribution in [3.8, 4) is 0 Å². The molecule has 0 N–H and O–H groups in total. The van der Waals surface area contributed by atoms with E-state index < -0.39 is 0 Å². The van der Waals surface area contributed by atoms with Crippen molar-refractivity contribution in [3.63, 3.8) is 0 Å². The highest BCUT2D eigenvalue weighted by Crippen LogP contribution is 2.01. The second kappa shape index (κ2) is 13.7. The van der Waals surface area contributed by atoms with E-state index in [1.54, 1.807) is 0 Å². The van der Waals surface area contributed by atoms with Crippen molar-refractivity contribution >= 4 is 85.0 Å². The van der Waals surface area contributed by atoms with Crippen molar-refractivity contribution < 1.29 is 0 Å². The zero-order valence-corrected chi connectivity index (χ0v) is 12.8. The highest BCUT2D eigenvalue weighted by Gasteiger charge is 2.24. The van der Waals surface area contributed by atoms with Crippen LogP contribution in [0.4, 0.5) is 0 Å². The fourth-order valence-corrected chi connectivity index (χ4v) is 2.85. The molecular weight excluding hydrogens is 202 g/mol. The van der Waals surface area contributed by atoms with E-state index >= 15 is 0 Å². The molecule has 0 aliphatic heterocycles. The van der Waals surface area contributed by atoms with Crippen LogP contribution in [-0.4, -0.2) is 85.0 Å². The van der Waals surface area contributed by atoms with Crippen LogP contribution in [0.25, 0.3) is 0 Å². The summed E-state index contributed by atoms with van der Waals surface area (Å²) >= 11 is 0. The summed E-state index contributed by atoms with van der Waals surface area (Å²) < 4.78 is 0. The van der Waals surface area contributed by atoms with Crippen molar-refractivity contribution in [2.75, 3.05) is 0 Å². The average molecular weight is 224 g/mol. The van der Waals surface area contributed by atoms with Gasteiger partial charge < -0.3 is 0 Å². The van der Waals surface area contributed by atoms with Crippen LogP contribution in [0.15, 0.2) is 25.3 Å². The fourth-order valence-electron chi connectivity index (χ4n) is 2.85. The minimum atomic E-state index is 0.816. The van der Waals surface area contributed by atoms with Crippen LogP contribution in [0, 0.1) is 0 Å². The summed E-state index contributed by atoms with van der Waals surface area (Å²) in [7, 11) is 15.7. The Balaban J connectivity index is 3.87. The molecule has 0 aliphatic carbocycles. The average Bonchev–Trinajstić information content (AvgIpc) is 2.39. The van der Waals surface area contributed by atoms with E-state index in [0.29, 0.717) is 0 Å². The second-order valence-corrected chi connectivity index (χ2v) is 5.53. The smallest absolute Gasteiger partial charge is 0.0656 e. The SMILES string of the molecule is BBBBBBBBB(CC=C)B(BB)CC=C. The molecule has 0 aromatic rings. The molecule has 0 spiro atoms. The van der Waals surface area contributed by atoms with E-state index in [1.807, 2.05) is 0 Å². The summed E-state index contributed by atoms with van der Waals surface area (Å²) in [5, 5.41) is 0. The van der Waals surface area contributed by atoms with Gasteiger partial charge in [-0.15, -0.1) is 25.3 Å². The predicted molar refractivity (Wildman–Crippen MR) is 116 cm³/mol. The first-order valence-electron chi connectivity index (χ1n) is 8.01. The maximum atomic E-state index is 3.92. The Hall–Kier alpha value is 0.259. The topological polar surface area (TPSA) is 0 Å². The molecule has 0 aromatic carbocycles. The zero-order valence-electron chi connectivity index (χ0n) is 12.8. The maximum absolute atomic E-state index is 3.92. The maximum Gasteiger partial charge on any atom is 0.0656 e. The molecular formula is C6H22B12. The molecule has 0 aromatic heterocycles. The van der Waals surface area contributed by atoms with Gasteiger partial charge in [0.15, 0.2) is 0 Å². The Morgan fingerprint density at radius 3 is 1.94 bits per heavy atom. The zero-order chi connectivity index (χ0) is 13.6. The summed E-state index contributed by atoms with van der Waals surface area (Å²) in [6.45, 7) is 9.46. The molecule has 0 unspecified atom stereocenters. The summed E-state index contributed by atoms with van der Waals surface area (Å²) in [4.78, 5) is 0. The molecule has 0 nitrogen and oxygen atoms in total. The first-order chi connectivity index (χ1) is 8.79. The lowest BCUT2D eigenvalue weighted by molar-refractivity contribution is 1.69. The van der Waals surface area contributed by atoms with Gasteiger partial charge in [0, 0.05) is 56.5 Å². The van der Waals surface area contributed by atoms with Gasteiger partial charge >= 0.3 is 0 Å². The van der Waals surface area contributed by atoms with Gasteiger partial charge in [0.2, 0.25) is 0 Å². The van der Waals surface area contributed by atoms with Crippen LogP contribution >= 0.6 is 0 Å². The van der Waals surface area contributed by atoms with Gasteiger partial charge in [-0.05, 0) is 0 Å². The molecule has 0 saturated carbocycles. The van der Waals surface area contributed by atoms with Gasteiger partial charge in [-0.2, -0.15) is 0 Å². The normalized spacial score (nSPS) is 8.22. The molecule has 0 saturated heterocycles. The lowest BCUT2D eigenvalue weighted by atomic mass is 8.76. The summed E-state index contributed by atoms with van der Waals surface area (Å²) in [5.74, 6) is 0. The Morgan fingerprint density at radius 2 is 1.39 bits per heavy atom. The van der Waals surface area contributed by atoms with E-state index in [1.165, 1.54) is 69.1 Å². The molecule has 18 heavy (non-hydrogen) atoms. The van der Waals surface area contributed by atoms with Crippen LogP contribution in [0.3, 0.4) is 0 Å². The van der Waals surface area contributed by atoms with Gasteiger partial charge in [0.25, 0.3) is 0 Å². The van der Waals surface area contributed by atoms with Gasteiger partial charge in [-0.1, -0.05) is 12.6 Å². The summed E-state index contributed by atoms with van der Waals surface area (Å²) in [6, 6.07) is 0. The third kappa shape index (κ3) is 9.22. The Morgan fingerprint density at radius 1 is 0.833 bits per heavy atom. The van der Waals surface area contributed by atoms with Crippen LogP contribution in [-0.2, 0) is 0 Å². The van der Waals surface area contributed by atoms with Crippen LogP contribution < -0.4 is 0 Å². The van der Waals surface area contributed by atoms with Gasteiger partial charge in [0.05, 0.1) is 28.5 Å².